The van der Waals surface area contributed by atoms with E-state index >= 15 is 0 Å². The van der Waals surface area contributed by atoms with E-state index in [0.717, 1.165) is 16.5 Å². The molecule has 0 aliphatic heterocycles. The van der Waals surface area contributed by atoms with Crippen molar-refractivity contribution in [3.05, 3.63) is 53.9 Å². The van der Waals surface area contributed by atoms with Gasteiger partial charge in [-0.15, -0.1) is 10.2 Å². The topological polar surface area (TPSA) is 79.8 Å². The van der Waals surface area contributed by atoms with Gasteiger partial charge in [-0.25, -0.2) is 0 Å². The number of hydrogen-bond acceptors (Lipinski definition) is 4. The number of pyridine rings is 1. The van der Waals surface area contributed by atoms with Crippen molar-refractivity contribution in [2.24, 2.45) is 10.2 Å². The fourth-order valence-electron chi connectivity index (χ4n) is 2.50. The van der Waals surface area contributed by atoms with Crippen LogP contribution in [0.1, 0.15) is 22.8 Å². The molecule has 0 fully saturated rings. The molecule has 3 aromatic rings. The molecule has 2 heterocycles. The van der Waals surface area contributed by atoms with Crippen LogP contribution in [0.15, 0.2) is 53.0 Å². The van der Waals surface area contributed by atoms with Crippen molar-refractivity contribution >= 4 is 22.5 Å². The average Bonchev–Trinajstić information content (AvgIpc) is 2.83. The van der Waals surface area contributed by atoms with Crippen LogP contribution in [0, 0.1) is 6.92 Å². The monoisotopic (exact) mass is 308 g/mol. The van der Waals surface area contributed by atoms with E-state index in [2.05, 4.69) is 15.2 Å². The summed E-state index contributed by atoms with van der Waals surface area (Å²) >= 11 is 0. The number of carbonyl (C=O) groups is 1. The van der Waals surface area contributed by atoms with Gasteiger partial charge >= 0.3 is 0 Å². The summed E-state index contributed by atoms with van der Waals surface area (Å²) in [6.45, 7) is 4.49. The first-order chi connectivity index (χ1) is 11.1. The summed E-state index contributed by atoms with van der Waals surface area (Å²) in [5.74, 6) is -0.488. The minimum absolute atomic E-state index is 0.0100. The zero-order valence-electron chi connectivity index (χ0n) is 12.9. The van der Waals surface area contributed by atoms with Gasteiger partial charge in [-0.1, -0.05) is 11.6 Å². The molecule has 0 radical (unpaired) electrons. The number of nitrogens with zero attached hydrogens (tertiary/aromatic N) is 4. The number of aromatic nitrogens is 2. The lowest BCUT2D eigenvalue weighted by molar-refractivity contribution is 0.0994. The molecule has 2 aromatic heterocycles. The highest BCUT2D eigenvalue weighted by molar-refractivity contribution is 5.97. The lowest BCUT2D eigenvalue weighted by atomic mass is 10.1. The smallest absolute Gasteiger partial charge is 0.296 e. The van der Waals surface area contributed by atoms with Crippen LogP contribution < -0.4 is 0 Å². The quantitative estimate of drug-likeness (QED) is 0.743. The van der Waals surface area contributed by atoms with Gasteiger partial charge in [0.25, 0.3) is 5.91 Å². The zero-order valence-corrected chi connectivity index (χ0v) is 12.9. The van der Waals surface area contributed by atoms with Crippen LogP contribution >= 0.6 is 0 Å². The Balaban J connectivity index is 2.06. The van der Waals surface area contributed by atoms with Gasteiger partial charge in [-0.3, -0.25) is 9.78 Å². The highest BCUT2D eigenvalue weighted by atomic mass is 16.3. The summed E-state index contributed by atoms with van der Waals surface area (Å²) in [4.78, 5) is 15.9. The lowest BCUT2D eigenvalue weighted by Crippen LogP contribution is -1.93. The van der Waals surface area contributed by atoms with E-state index in [4.69, 9.17) is 0 Å². The predicted octanol–water partition coefficient (Wildman–Crippen LogP) is 3.99. The SMILES string of the molecule is CCn1c(O)c(N=NC(=O)c2cccnc2)c2cc(C)ccc21. The zero-order chi connectivity index (χ0) is 16.4. The van der Waals surface area contributed by atoms with Gasteiger partial charge in [-0.2, -0.15) is 0 Å². The largest absolute Gasteiger partial charge is 0.493 e. The van der Waals surface area contributed by atoms with Gasteiger partial charge in [0, 0.05) is 24.3 Å². The van der Waals surface area contributed by atoms with Crippen LogP contribution in [0.4, 0.5) is 5.69 Å². The van der Waals surface area contributed by atoms with Crippen LogP contribution in [0.2, 0.25) is 0 Å². The standard InChI is InChI=1S/C17H16N4O2/c1-3-21-14-7-6-11(2)9-13(14)15(17(21)23)19-20-16(22)12-5-4-8-18-10-12/h4-10,23H,3H2,1-2H3. The second-order valence-corrected chi connectivity index (χ2v) is 5.18. The first-order valence-electron chi connectivity index (χ1n) is 7.29. The maximum absolute atomic E-state index is 12.0. The van der Waals surface area contributed by atoms with E-state index in [-0.39, 0.29) is 5.88 Å². The van der Waals surface area contributed by atoms with Crippen molar-refractivity contribution in [3.63, 3.8) is 0 Å². The predicted molar refractivity (Wildman–Crippen MR) is 87.1 cm³/mol. The Bertz CT molecular complexity index is 898. The molecule has 1 amide bonds. The molecule has 0 atom stereocenters. The van der Waals surface area contributed by atoms with Crippen molar-refractivity contribution in [1.82, 2.24) is 9.55 Å². The van der Waals surface area contributed by atoms with Crippen molar-refractivity contribution in [2.75, 3.05) is 0 Å². The molecule has 6 nitrogen and oxygen atoms in total. The fraction of sp³-hybridized carbons (Fsp3) is 0.176. The third kappa shape index (κ3) is 2.70. The molecule has 0 bridgehead atoms. The number of hydrogen-bond donors (Lipinski definition) is 1. The lowest BCUT2D eigenvalue weighted by Gasteiger charge is -2.01. The van der Waals surface area contributed by atoms with E-state index in [9.17, 15) is 9.90 Å². The molecule has 1 N–H and O–H groups in total. The first kappa shape index (κ1) is 14.9. The maximum Gasteiger partial charge on any atom is 0.296 e. The van der Waals surface area contributed by atoms with E-state index in [1.54, 1.807) is 22.9 Å². The molecule has 0 spiro atoms. The Hall–Kier alpha value is -3.02. The Morgan fingerprint density at radius 3 is 2.87 bits per heavy atom. The Labute approximate surface area is 133 Å². The number of aromatic hydroxyl groups is 1. The molecule has 0 aliphatic rings. The number of benzene rings is 1. The van der Waals surface area contributed by atoms with Crippen molar-refractivity contribution in [2.45, 2.75) is 20.4 Å². The van der Waals surface area contributed by atoms with Crippen molar-refractivity contribution in [3.8, 4) is 5.88 Å². The molecular weight excluding hydrogens is 292 g/mol. The van der Waals surface area contributed by atoms with Gasteiger partial charge in [0.1, 0.15) is 0 Å². The molecule has 23 heavy (non-hydrogen) atoms. The maximum atomic E-state index is 12.0. The van der Waals surface area contributed by atoms with E-state index in [0.29, 0.717) is 17.8 Å². The third-order valence-corrected chi connectivity index (χ3v) is 3.63. The van der Waals surface area contributed by atoms with Crippen LogP contribution in [-0.2, 0) is 6.54 Å². The summed E-state index contributed by atoms with van der Waals surface area (Å²) in [7, 11) is 0. The van der Waals surface area contributed by atoms with Crippen LogP contribution in [0.5, 0.6) is 5.88 Å². The van der Waals surface area contributed by atoms with Crippen LogP contribution in [0.25, 0.3) is 10.9 Å². The molecule has 116 valence electrons. The van der Waals surface area contributed by atoms with E-state index < -0.39 is 5.91 Å². The van der Waals surface area contributed by atoms with Gasteiger partial charge in [0.15, 0.2) is 5.69 Å². The van der Waals surface area contributed by atoms with E-state index in [1.165, 1.54) is 6.20 Å². The summed E-state index contributed by atoms with van der Waals surface area (Å²) in [6.07, 6.45) is 3.01. The molecule has 0 aliphatic carbocycles. The van der Waals surface area contributed by atoms with Gasteiger partial charge in [0.05, 0.1) is 11.1 Å². The summed E-state index contributed by atoms with van der Waals surface area (Å²) in [6, 6.07) is 9.09. The number of carbonyl (C=O) groups excluding carboxylic acids is 1. The Kier molecular flexibility index (Phi) is 3.89. The minimum atomic E-state index is -0.498. The highest BCUT2D eigenvalue weighted by Gasteiger charge is 2.16. The Morgan fingerprint density at radius 2 is 2.17 bits per heavy atom. The second-order valence-electron chi connectivity index (χ2n) is 5.18. The normalized spacial score (nSPS) is 11.4. The second kappa shape index (κ2) is 6.00. The summed E-state index contributed by atoms with van der Waals surface area (Å²) in [5.41, 5.74) is 2.56. The summed E-state index contributed by atoms with van der Waals surface area (Å²) < 4.78 is 1.73. The molecule has 0 saturated carbocycles. The Morgan fingerprint density at radius 1 is 1.35 bits per heavy atom. The molecule has 0 saturated heterocycles. The summed E-state index contributed by atoms with van der Waals surface area (Å²) in [5, 5.41) is 18.9. The molecule has 0 unspecified atom stereocenters. The number of fused-ring (bicyclic) bond motifs is 1. The van der Waals surface area contributed by atoms with E-state index in [1.807, 2.05) is 32.0 Å². The number of azo groups is 1. The average molecular weight is 308 g/mol. The van der Waals surface area contributed by atoms with Gasteiger partial charge < -0.3 is 9.67 Å². The molecule has 1 aromatic carbocycles. The van der Waals surface area contributed by atoms with Crippen molar-refractivity contribution in [1.29, 1.82) is 0 Å². The van der Waals surface area contributed by atoms with Gasteiger partial charge in [0.2, 0.25) is 5.88 Å². The minimum Gasteiger partial charge on any atom is -0.493 e. The van der Waals surface area contributed by atoms with Crippen LogP contribution in [-0.4, -0.2) is 20.6 Å². The van der Waals surface area contributed by atoms with Crippen LogP contribution in [0.3, 0.4) is 0 Å². The number of rotatable bonds is 3. The third-order valence-electron chi connectivity index (χ3n) is 3.63. The first-order valence-corrected chi connectivity index (χ1v) is 7.29. The molecule has 3 rings (SSSR count). The van der Waals surface area contributed by atoms with Crippen molar-refractivity contribution < 1.29 is 9.90 Å². The molecular formula is C17H16N4O2. The number of amides is 1. The molecule has 6 heteroatoms. The number of aryl methyl sites for hydroxylation is 2. The fourth-order valence-corrected chi connectivity index (χ4v) is 2.50. The van der Waals surface area contributed by atoms with Gasteiger partial charge in [-0.05, 0) is 38.1 Å². The highest BCUT2D eigenvalue weighted by Crippen LogP contribution is 2.39.